The zero-order valence-electron chi connectivity index (χ0n) is 15.7. The van der Waals surface area contributed by atoms with Gasteiger partial charge >= 0.3 is 0 Å². The minimum absolute atomic E-state index is 0.643. The molecule has 28 heavy (non-hydrogen) atoms. The topological polar surface area (TPSA) is 54.5 Å². The van der Waals surface area contributed by atoms with Crippen LogP contribution in [0.4, 0.5) is 0 Å². The summed E-state index contributed by atoms with van der Waals surface area (Å²) >= 11 is 0. The first-order chi connectivity index (χ1) is 13.8. The molecule has 0 amide bonds. The Balaban J connectivity index is 1.77. The molecular formula is C24H20N4. The molecule has 0 atom stereocenters. The first kappa shape index (κ1) is 17.7. The number of pyridine rings is 1. The van der Waals surface area contributed by atoms with Crippen molar-refractivity contribution < 1.29 is 0 Å². The van der Waals surface area contributed by atoms with E-state index in [0.717, 1.165) is 41.2 Å². The monoisotopic (exact) mass is 364 g/mol. The molecule has 2 aromatic heterocycles. The minimum Gasteiger partial charge on any atom is -0.330 e. The highest BCUT2D eigenvalue weighted by molar-refractivity contribution is 5.79. The molecule has 0 saturated heterocycles. The molecule has 4 aromatic rings. The van der Waals surface area contributed by atoms with Gasteiger partial charge in [0.05, 0.1) is 29.3 Å². The van der Waals surface area contributed by atoms with Gasteiger partial charge in [-0.2, -0.15) is 5.26 Å². The normalized spacial score (nSPS) is 10.6. The molecule has 0 aliphatic carbocycles. The van der Waals surface area contributed by atoms with Crippen molar-refractivity contribution in [1.82, 2.24) is 14.5 Å². The van der Waals surface area contributed by atoms with Crippen molar-refractivity contribution in [2.45, 2.75) is 19.9 Å². The van der Waals surface area contributed by atoms with E-state index < -0.39 is 0 Å². The van der Waals surface area contributed by atoms with E-state index in [1.54, 1.807) is 0 Å². The number of hydrogen-bond donors (Lipinski definition) is 0. The average molecular weight is 364 g/mol. The van der Waals surface area contributed by atoms with Gasteiger partial charge in [-0.3, -0.25) is 4.98 Å². The molecule has 0 bridgehead atoms. The van der Waals surface area contributed by atoms with Gasteiger partial charge in [-0.1, -0.05) is 48.5 Å². The number of imidazole rings is 1. The summed E-state index contributed by atoms with van der Waals surface area (Å²) in [6.45, 7) is 2.85. The van der Waals surface area contributed by atoms with Gasteiger partial charge in [0.15, 0.2) is 0 Å². The highest BCUT2D eigenvalue weighted by Crippen LogP contribution is 2.31. The maximum Gasteiger partial charge on any atom is 0.0991 e. The lowest BCUT2D eigenvalue weighted by molar-refractivity contribution is 0.688. The van der Waals surface area contributed by atoms with E-state index in [4.69, 9.17) is 4.98 Å². The van der Waals surface area contributed by atoms with Gasteiger partial charge in [0.1, 0.15) is 0 Å². The molecule has 2 aromatic carbocycles. The van der Waals surface area contributed by atoms with Gasteiger partial charge in [0, 0.05) is 36.0 Å². The van der Waals surface area contributed by atoms with E-state index in [0.29, 0.717) is 5.56 Å². The molecule has 0 aliphatic rings. The smallest absolute Gasteiger partial charge is 0.0991 e. The summed E-state index contributed by atoms with van der Waals surface area (Å²) in [7, 11) is 0. The predicted octanol–water partition coefficient (Wildman–Crippen LogP) is 5.03. The van der Waals surface area contributed by atoms with Gasteiger partial charge in [-0.15, -0.1) is 0 Å². The Morgan fingerprint density at radius 3 is 2.54 bits per heavy atom. The highest BCUT2D eigenvalue weighted by Gasteiger charge is 2.15. The molecular weight excluding hydrogens is 344 g/mol. The van der Waals surface area contributed by atoms with Gasteiger partial charge in [0.2, 0.25) is 0 Å². The fraction of sp³-hybridized carbons (Fsp3) is 0.125. The quantitative estimate of drug-likeness (QED) is 0.499. The zero-order valence-corrected chi connectivity index (χ0v) is 15.7. The van der Waals surface area contributed by atoms with Crippen molar-refractivity contribution >= 4 is 0 Å². The molecule has 0 aliphatic heterocycles. The molecule has 2 heterocycles. The van der Waals surface area contributed by atoms with Crippen LogP contribution in [0.15, 0.2) is 79.3 Å². The SMILES string of the molecule is Cc1cccnc1CCn1cnc(-c2ccccc2)c1-c1cccc(C#N)c1. The summed E-state index contributed by atoms with van der Waals surface area (Å²) in [5, 5.41) is 9.32. The van der Waals surface area contributed by atoms with E-state index in [1.807, 2.05) is 61.1 Å². The van der Waals surface area contributed by atoms with Crippen LogP contribution in [0.1, 0.15) is 16.8 Å². The summed E-state index contributed by atoms with van der Waals surface area (Å²) in [6, 6.07) is 24.1. The minimum atomic E-state index is 0.643. The number of benzene rings is 2. The van der Waals surface area contributed by atoms with Crippen LogP contribution in [0, 0.1) is 18.3 Å². The molecule has 0 fully saturated rings. The Bertz CT molecular complexity index is 1140. The van der Waals surface area contributed by atoms with Crippen molar-refractivity contribution in [3.05, 3.63) is 96.1 Å². The van der Waals surface area contributed by atoms with Crippen LogP contribution in [0.2, 0.25) is 0 Å². The second kappa shape index (κ2) is 7.89. The maximum absolute atomic E-state index is 9.32. The molecule has 0 unspecified atom stereocenters. The molecule has 4 rings (SSSR count). The third kappa shape index (κ3) is 3.56. The number of nitriles is 1. The van der Waals surface area contributed by atoms with Crippen LogP contribution in [-0.2, 0) is 13.0 Å². The number of nitrogens with zero attached hydrogens (tertiary/aromatic N) is 4. The van der Waals surface area contributed by atoms with Crippen LogP contribution in [0.25, 0.3) is 22.5 Å². The fourth-order valence-electron chi connectivity index (χ4n) is 3.40. The molecule has 4 nitrogen and oxygen atoms in total. The zero-order chi connectivity index (χ0) is 19.3. The van der Waals surface area contributed by atoms with Crippen molar-refractivity contribution in [3.63, 3.8) is 0 Å². The van der Waals surface area contributed by atoms with Crippen LogP contribution >= 0.6 is 0 Å². The molecule has 136 valence electrons. The van der Waals surface area contributed by atoms with E-state index >= 15 is 0 Å². The summed E-state index contributed by atoms with van der Waals surface area (Å²) < 4.78 is 2.16. The Morgan fingerprint density at radius 1 is 0.929 bits per heavy atom. The van der Waals surface area contributed by atoms with Gasteiger partial charge in [-0.25, -0.2) is 4.98 Å². The first-order valence-corrected chi connectivity index (χ1v) is 9.28. The second-order valence-electron chi connectivity index (χ2n) is 6.71. The molecule has 4 heteroatoms. The van der Waals surface area contributed by atoms with Crippen LogP contribution in [-0.4, -0.2) is 14.5 Å². The molecule has 0 spiro atoms. The van der Waals surface area contributed by atoms with Gasteiger partial charge in [0.25, 0.3) is 0 Å². The Kier molecular flexibility index (Phi) is 4.99. The van der Waals surface area contributed by atoms with Crippen molar-refractivity contribution in [3.8, 4) is 28.6 Å². The van der Waals surface area contributed by atoms with E-state index in [1.165, 1.54) is 5.56 Å². The van der Waals surface area contributed by atoms with Crippen molar-refractivity contribution in [2.24, 2.45) is 0 Å². The van der Waals surface area contributed by atoms with Crippen LogP contribution in [0.5, 0.6) is 0 Å². The predicted molar refractivity (Wildman–Crippen MR) is 110 cm³/mol. The van der Waals surface area contributed by atoms with E-state index in [2.05, 4.69) is 40.7 Å². The van der Waals surface area contributed by atoms with Gasteiger partial charge < -0.3 is 4.57 Å². The maximum atomic E-state index is 9.32. The number of hydrogen-bond acceptors (Lipinski definition) is 3. The molecule has 0 N–H and O–H groups in total. The lowest BCUT2D eigenvalue weighted by Gasteiger charge is -2.12. The summed E-state index contributed by atoms with van der Waals surface area (Å²) in [6.07, 6.45) is 4.54. The second-order valence-corrected chi connectivity index (χ2v) is 6.71. The largest absolute Gasteiger partial charge is 0.330 e. The van der Waals surface area contributed by atoms with E-state index in [-0.39, 0.29) is 0 Å². The summed E-state index contributed by atoms with van der Waals surface area (Å²) in [5.41, 5.74) is 6.93. The fourth-order valence-corrected chi connectivity index (χ4v) is 3.40. The molecule has 0 radical (unpaired) electrons. The number of rotatable bonds is 5. The third-order valence-electron chi connectivity index (χ3n) is 4.86. The number of aromatic nitrogens is 3. The average Bonchev–Trinajstić information content (AvgIpc) is 3.18. The Labute approximate surface area is 164 Å². The Hall–Kier alpha value is -3.71. The number of aryl methyl sites for hydroxylation is 3. The van der Waals surface area contributed by atoms with Gasteiger partial charge in [-0.05, 0) is 30.7 Å². The van der Waals surface area contributed by atoms with Crippen molar-refractivity contribution in [2.75, 3.05) is 0 Å². The van der Waals surface area contributed by atoms with E-state index in [9.17, 15) is 5.26 Å². The third-order valence-corrected chi connectivity index (χ3v) is 4.86. The lowest BCUT2D eigenvalue weighted by Crippen LogP contribution is -2.05. The standard InChI is InChI=1S/C24H20N4/c1-18-7-6-13-26-22(18)12-14-28-17-27-23(20-9-3-2-4-10-20)24(28)21-11-5-8-19(15-21)16-25/h2-11,13,15,17H,12,14H2,1H3. The Morgan fingerprint density at radius 2 is 1.75 bits per heavy atom. The first-order valence-electron chi connectivity index (χ1n) is 9.28. The van der Waals surface area contributed by atoms with Crippen LogP contribution in [0.3, 0.4) is 0 Å². The lowest BCUT2D eigenvalue weighted by atomic mass is 10.0. The summed E-state index contributed by atoms with van der Waals surface area (Å²) in [4.78, 5) is 9.22. The summed E-state index contributed by atoms with van der Waals surface area (Å²) in [5.74, 6) is 0. The van der Waals surface area contributed by atoms with Crippen LogP contribution < -0.4 is 0 Å². The highest BCUT2D eigenvalue weighted by atomic mass is 15.1. The van der Waals surface area contributed by atoms with Crippen molar-refractivity contribution in [1.29, 1.82) is 5.26 Å². The molecule has 0 saturated carbocycles.